The van der Waals surface area contributed by atoms with Crippen LogP contribution in [0.4, 0.5) is 11.4 Å². The molecule has 0 aromatic heterocycles. The number of carbonyl (C=O) groups excluding carboxylic acids is 1. The van der Waals surface area contributed by atoms with E-state index in [0.717, 1.165) is 27.0 Å². The van der Waals surface area contributed by atoms with Gasteiger partial charge in [0.25, 0.3) is 5.91 Å². The Morgan fingerprint density at radius 1 is 0.968 bits per heavy atom. The number of rotatable bonds is 10. The van der Waals surface area contributed by atoms with Crippen LogP contribution in [0, 0.1) is 6.92 Å². The van der Waals surface area contributed by atoms with Crippen molar-refractivity contribution in [1.82, 2.24) is 5.43 Å². The summed E-state index contributed by atoms with van der Waals surface area (Å²) in [6.07, 6.45) is 0. The molecule has 1 amide bonds. The van der Waals surface area contributed by atoms with Crippen LogP contribution in [0.25, 0.3) is 0 Å². The molecule has 6 nitrogen and oxygen atoms in total. The molecule has 0 heterocycles. The van der Waals surface area contributed by atoms with Crippen LogP contribution in [0.2, 0.25) is 0 Å². The van der Waals surface area contributed by atoms with E-state index >= 15 is 0 Å². The SMILES string of the molecule is CCOc1cc(CNNc2ccccc2)cc(Br)c1OCC(=O)Nc1ccc(C)cc1. The van der Waals surface area contributed by atoms with Crippen LogP contribution in [0.15, 0.2) is 71.2 Å². The third-order valence-electron chi connectivity index (χ3n) is 4.35. The van der Waals surface area contributed by atoms with Gasteiger partial charge in [-0.15, -0.1) is 0 Å². The van der Waals surface area contributed by atoms with E-state index in [0.29, 0.717) is 24.7 Å². The molecule has 3 aromatic rings. The van der Waals surface area contributed by atoms with Crippen LogP contribution in [0.1, 0.15) is 18.1 Å². The summed E-state index contributed by atoms with van der Waals surface area (Å²) in [5.74, 6) is 0.841. The van der Waals surface area contributed by atoms with Crippen LogP contribution in [0.3, 0.4) is 0 Å². The third-order valence-corrected chi connectivity index (χ3v) is 4.94. The Bertz CT molecular complexity index is 995. The molecule has 0 aliphatic carbocycles. The largest absolute Gasteiger partial charge is 0.490 e. The number of aryl methyl sites for hydroxylation is 1. The van der Waals surface area contributed by atoms with Crippen molar-refractivity contribution >= 4 is 33.2 Å². The molecule has 0 aliphatic rings. The molecular weight excluding hydrogens is 458 g/mol. The van der Waals surface area contributed by atoms with Gasteiger partial charge < -0.3 is 20.2 Å². The van der Waals surface area contributed by atoms with E-state index in [9.17, 15) is 4.79 Å². The lowest BCUT2D eigenvalue weighted by Crippen LogP contribution is -2.21. The number of hydrazine groups is 1. The van der Waals surface area contributed by atoms with Gasteiger partial charge in [-0.1, -0.05) is 35.9 Å². The zero-order chi connectivity index (χ0) is 22.1. The molecule has 3 rings (SSSR count). The molecule has 0 unspecified atom stereocenters. The molecule has 3 aromatic carbocycles. The normalized spacial score (nSPS) is 10.4. The van der Waals surface area contributed by atoms with Gasteiger partial charge in [0.15, 0.2) is 18.1 Å². The van der Waals surface area contributed by atoms with Crippen LogP contribution in [0.5, 0.6) is 11.5 Å². The van der Waals surface area contributed by atoms with Gasteiger partial charge in [-0.3, -0.25) is 4.79 Å². The topological polar surface area (TPSA) is 71.6 Å². The Morgan fingerprint density at radius 3 is 2.42 bits per heavy atom. The van der Waals surface area contributed by atoms with Crippen molar-refractivity contribution in [1.29, 1.82) is 0 Å². The second-order valence-corrected chi connectivity index (χ2v) is 7.74. The van der Waals surface area contributed by atoms with E-state index in [-0.39, 0.29) is 12.5 Å². The minimum Gasteiger partial charge on any atom is -0.490 e. The van der Waals surface area contributed by atoms with E-state index in [1.165, 1.54) is 0 Å². The van der Waals surface area contributed by atoms with E-state index in [2.05, 4.69) is 32.1 Å². The Labute approximate surface area is 191 Å². The number of amides is 1. The summed E-state index contributed by atoms with van der Waals surface area (Å²) in [5, 5.41) is 2.83. The average Bonchev–Trinajstić information content (AvgIpc) is 2.76. The Hall–Kier alpha value is -3.03. The highest BCUT2D eigenvalue weighted by Gasteiger charge is 2.14. The zero-order valence-corrected chi connectivity index (χ0v) is 19.2. The minimum atomic E-state index is -0.240. The van der Waals surface area contributed by atoms with Gasteiger partial charge in [0.05, 0.1) is 11.1 Å². The predicted octanol–water partition coefficient (Wildman–Crippen LogP) is 5.29. The number of benzene rings is 3. The lowest BCUT2D eigenvalue weighted by molar-refractivity contribution is -0.118. The van der Waals surface area contributed by atoms with Gasteiger partial charge in [0.1, 0.15) is 0 Å². The van der Waals surface area contributed by atoms with Gasteiger partial charge in [-0.25, -0.2) is 5.43 Å². The molecule has 0 bridgehead atoms. The first kappa shape index (κ1) is 22.7. The average molecular weight is 484 g/mol. The number of para-hydroxylation sites is 1. The molecule has 31 heavy (non-hydrogen) atoms. The van der Waals surface area contributed by atoms with Crippen molar-refractivity contribution < 1.29 is 14.3 Å². The molecule has 3 N–H and O–H groups in total. The zero-order valence-electron chi connectivity index (χ0n) is 17.6. The first-order valence-corrected chi connectivity index (χ1v) is 10.8. The van der Waals surface area contributed by atoms with Crippen LogP contribution in [-0.2, 0) is 11.3 Å². The van der Waals surface area contributed by atoms with Gasteiger partial charge in [0.2, 0.25) is 0 Å². The van der Waals surface area contributed by atoms with Crippen molar-refractivity contribution in [2.75, 3.05) is 24.0 Å². The summed E-state index contributed by atoms with van der Waals surface area (Å²) in [4.78, 5) is 12.3. The van der Waals surface area contributed by atoms with Gasteiger partial charge >= 0.3 is 0 Å². The lowest BCUT2D eigenvalue weighted by atomic mass is 10.2. The van der Waals surface area contributed by atoms with Crippen molar-refractivity contribution in [3.8, 4) is 11.5 Å². The molecule has 162 valence electrons. The standard InChI is InChI=1S/C24H26BrN3O3/c1-3-30-22-14-18(15-26-28-20-7-5-4-6-8-20)13-21(25)24(22)31-16-23(29)27-19-11-9-17(2)10-12-19/h4-14,26,28H,3,15-16H2,1-2H3,(H,27,29). The fourth-order valence-electron chi connectivity index (χ4n) is 2.87. The first-order chi connectivity index (χ1) is 15.0. The Kier molecular flexibility index (Phi) is 8.32. The van der Waals surface area contributed by atoms with E-state index in [1.807, 2.05) is 80.6 Å². The second kappa shape index (κ2) is 11.4. The molecule has 7 heteroatoms. The van der Waals surface area contributed by atoms with E-state index in [4.69, 9.17) is 9.47 Å². The molecule has 0 aliphatic heterocycles. The molecule has 0 fully saturated rings. The number of halogens is 1. The summed E-state index contributed by atoms with van der Waals surface area (Å²) < 4.78 is 12.3. The fourth-order valence-corrected chi connectivity index (χ4v) is 3.47. The molecule has 0 radical (unpaired) electrons. The number of hydrogen-bond donors (Lipinski definition) is 3. The van der Waals surface area contributed by atoms with Crippen LogP contribution in [-0.4, -0.2) is 19.1 Å². The summed E-state index contributed by atoms with van der Waals surface area (Å²) in [5.41, 5.74) is 10.2. The summed E-state index contributed by atoms with van der Waals surface area (Å²) >= 11 is 3.54. The van der Waals surface area contributed by atoms with Crippen molar-refractivity contribution in [3.63, 3.8) is 0 Å². The third kappa shape index (κ3) is 7.01. The van der Waals surface area contributed by atoms with Gasteiger partial charge in [0, 0.05) is 17.9 Å². The number of anilines is 2. The molecule has 0 atom stereocenters. The summed E-state index contributed by atoms with van der Waals surface area (Å²) in [7, 11) is 0. The Morgan fingerprint density at radius 2 is 1.71 bits per heavy atom. The van der Waals surface area contributed by atoms with Gasteiger partial charge in [-0.2, -0.15) is 0 Å². The monoisotopic (exact) mass is 483 g/mol. The molecule has 0 saturated heterocycles. The minimum absolute atomic E-state index is 0.125. The van der Waals surface area contributed by atoms with Crippen molar-refractivity contribution in [2.24, 2.45) is 0 Å². The molecule has 0 spiro atoms. The highest BCUT2D eigenvalue weighted by Crippen LogP contribution is 2.37. The molecular formula is C24H26BrN3O3. The number of carbonyl (C=O) groups is 1. The van der Waals surface area contributed by atoms with E-state index < -0.39 is 0 Å². The summed E-state index contributed by atoms with van der Waals surface area (Å²) in [6.45, 7) is 4.83. The second-order valence-electron chi connectivity index (χ2n) is 6.89. The number of nitrogens with one attached hydrogen (secondary N) is 3. The first-order valence-electron chi connectivity index (χ1n) is 10.0. The molecule has 0 saturated carbocycles. The predicted molar refractivity (Wildman–Crippen MR) is 128 cm³/mol. The highest BCUT2D eigenvalue weighted by atomic mass is 79.9. The maximum absolute atomic E-state index is 12.3. The van der Waals surface area contributed by atoms with Crippen molar-refractivity contribution in [3.05, 3.63) is 82.3 Å². The Balaban J connectivity index is 1.61. The number of hydrogen-bond acceptors (Lipinski definition) is 5. The maximum Gasteiger partial charge on any atom is 0.262 e. The highest BCUT2D eigenvalue weighted by molar-refractivity contribution is 9.10. The fraction of sp³-hybridized carbons (Fsp3) is 0.208. The van der Waals surface area contributed by atoms with Crippen molar-refractivity contribution in [2.45, 2.75) is 20.4 Å². The maximum atomic E-state index is 12.3. The lowest BCUT2D eigenvalue weighted by Gasteiger charge is -2.16. The van der Waals surface area contributed by atoms with E-state index in [1.54, 1.807) is 0 Å². The smallest absolute Gasteiger partial charge is 0.262 e. The quantitative estimate of drug-likeness (QED) is 0.341. The van der Waals surface area contributed by atoms with Gasteiger partial charge in [-0.05, 0) is 71.7 Å². The number of ether oxygens (including phenoxy) is 2. The summed E-state index contributed by atoms with van der Waals surface area (Å²) in [6, 6.07) is 21.3. The van der Waals surface area contributed by atoms with Crippen LogP contribution < -0.4 is 25.6 Å². The van der Waals surface area contributed by atoms with Crippen LogP contribution >= 0.6 is 15.9 Å².